The highest BCUT2D eigenvalue weighted by Gasteiger charge is 2.12. The van der Waals surface area contributed by atoms with Crippen molar-refractivity contribution in [3.8, 4) is 35.2 Å². The van der Waals surface area contributed by atoms with Gasteiger partial charge in [-0.3, -0.25) is 0 Å². The summed E-state index contributed by atoms with van der Waals surface area (Å²) in [4.78, 5) is 4.32. The van der Waals surface area contributed by atoms with E-state index in [2.05, 4.69) is 16.1 Å². The second-order valence-corrected chi connectivity index (χ2v) is 6.25. The lowest BCUT2D eigenvalue weighted by Gasteiger charge is -2.11. The average Bonchev–Trinajstić information content (AvgIpc) is 3.32. The summed E-state index contributed by atoms with van der Waals surface area (Å²) in [5.41, 5.74) is 1.70. The molecule has 132 valence electrons. The monoisotopic (exact) mass is 386 g/mol. The third-order valence-electron chi connectivity index (χ3n) is 3.28. The van der Waals surface area contributed by atoms with E-state index in [-0.39, 0.29) is 12.5 Å². The van der Waals surface area contributed by atoms with Crippen molar-refractivity contribution in [1.82, 2.24) is 10.1 Å². The Bertz CT molecular complexity index is 942. The number of benzene rings is 1. The van der Waals surface area contributed by atoms with Gasteiger partial charge in [0.1, 0.15) is 11.6 Å². The number of hydrogen-bond donors (Lipinski definition) is 0. The van der Waals surface area contributed by atoms with Gasteiger partial charge in [0, 0.05) is 10.9 Å². The number of aromatic nitrogens is 2. The highest BCUT2D eigenvalue weighted by molar-refractivity contribution is 7.08. The van der Waals surface area contributed by atoms with E-state index in [9.17, 15) is 0 Å². The first-order valence-corrected chi connectivity index (χ1v) is 9.10. The first-order valence-electron chi connectivity index (χ1n) is 7.78. The van der Waals surface area contributed by atoms with Crippen molar-refractivity contribution >= 4 is 34.0 Å². The Kier molecular flexibility index (Phi) is 5.95. The number of thiophene rings is 1. The molecule has 0 saturated carbocycles. The van der Waals surface area contributed by atoms with Gasteiger partial charge in [0.25, 0.3) is 5.89 Å². The van der Waals surface area contributed by atoms with Gasteiger partial charge in [-0.25, -0.2) is 0 Å². The molecule has 26 heavy (non-hydrogen) atoms. The van der Waals surface area contributed by atoms with Crippen LogP contribution in [0.4, 0.5) is 0 Å². The fraction of sp³-hybridized carbons (Fsp3) is 0.158. The number of terminal acetylenes is 1. The molecule has 0 aliphatic carbocycles. The Morgan fingerprint density at radius 2 is 2.23 bits per heavy atom. The van der Waals surface area contributed by atoms with Gasteiger partial charge in [-0.1, -0.05) is 28.7 Å². The maximum atomic E-state index is 6.34. The van der Waals surface area contributed by atoms with Gasteiger partial charge >= 0.3 is 0 Å². The molecule has 3 rings (SSSR count). The lowest BCUT2D eigenvalue weighted by molar-refractivity contribution is 0.299. The molecule has 0 radical (unpaired) electrons. The Morgan fingerprint density at radius 3 is 2.96 bits per heavy atom. The second kappa shape index (κ2) is 8.56. The van der Waals surface area contributed by atoms with Crippen LogP contribution in [-0.4, -0.2) is 23.4 Å². The molecular formula is C19H15ClN2O3S. The van der Waals surface area contributed by atoms with Crippen LogP contribution in [-0.2, 0) is 0 Å². The minimum atomic E-state index is 0.170. The van der Waals surface area contributed by atoms with Gasteiger partial charge in [-0.2, -0.15) is 16.3 Å². The van der Waals surface area contributed by atoms with Crippen molar-refractivity contribution < 1.29 is 14.0 Å². The highest BCUT2D eigenvalue weighted by Crippen LogP contribution is 2.31. The number of halogens is 1. The molecule has 7 heteroatoms. The molecule has 5 nitrogen and oxygen atoms in total. The van der Waals surface area contributed by atoms with Crippen LogP contribution in [0.5, 0.6) is 11.5 Å². The average molecular weight is 387 g/mol. The normalized spacial score (nSPS) is 11.2. The molecule has 0 amide bonds. The molecule has 0 aliphatic rings. The van der Waals surface area contributed by atoms with Crippen LogP contribution >= 0.6 is 22.9 Å². The molecule has 2 aromatic heterocycles. The topological polar surface area (TPSA) is 57.4 Å². The van der Waals surface area contributed by atoms with E-state index >= 15 is 0 Å². The number of nitrogens with zero attached hydrogens (tertiary/aromatic N) is 2. The van der Waals surface area contributed by atoms with Gasteiger partial charge in [0.05, 0.1) is 6.61 Å². The minimum Gasteiger partial charge on any atom is -0.490 e. The Hall–Kier alpha value is -2.75. The predicted octanol–water partition coefficient (Wildman–Crippen LogP) is 4.95. The van der Waals surface area contributed by atoms with Crippen molar-refractivity contribution in [2.45, 2.75) is 6.92 Å². The van der Waals surface area contributed by atoms with E-state index < -0.39 is 0 Å². The zero-order chi connectivity index (χ0) is 18.4. The van der Waals surface area contributed by atoms with E-state index in [1.807, 2.05) is 35.9 Å². The third-order valence-corrected chi connectivity index (χ3v) is 4.24. The quantitative estimate of drug-likeness (QED) is 0.538. The lowest BCUT2D eigenvalue weighted by atomic mass is 10.2. The van der Waals surface area contributed by atoms with Crippen molar-refractivity contribution in [3.05, 3.63) is 46.5 Å². The van der Waals surface area contributed by atoms with E-state index in [0.29, 0.717) is 29.0 Å². The first kappa shape index (κ1) is 18.1. The summed E-state index contributed by atoms with van der Waals surface area (Å²) < 4.78 is 16.3. The lowest BCUT2D eigenvalue weighted by Crippen LogP contribution is -1.99. The molecule has 2 heterocycles. The molecule has 0 aliphatic heterocycles. The van der Waals surface area contributed by atoms with Crippen LogP contribution in [0.25, 0.3) is 22.5 Å². The van der Waals surface area contributed by atoms with Crippen molar-refractivity contribution in [1.29, 1.82) is 0 Å². The summed E-state index contributed by atoms with van der Waals surface area (Å²) >= 11 is 7.90. The summed E-state index contributed by atoms with van der Waals surface area (Å²) in [5.74, 6) is 4.35. The maximum absolute atomic E-state index is 6.34. The van der Waals surface area contributed by atoms with Gasteiger partial charge < -0.3 is 14.0 Å². The molecule has 0 fully saturated rings. The SMILES string of the molecule is C#CCOc1ccc(/C=C(\Cl)c2nc(-c3ccsc3)no2)cc1OCC. The summed E-state index contributed by atoms with van der Waals surface area (Å²) in [6.45, 7) is 2.56. The van der Waals surface area contributed by atoms with E-state index in [1.165, 1.54) is 0 Å². The van der Waals surface area contributed by atoms with Crippen LogP contribution in [0.2, 0.25) is 0 Å². The van der Waals surface area contributed by atoms with Gasteiger partial charge in [-0.15, -0.1) is 6.42 Å². The van der Waals surface area contributed by atoms with Crippen LogP contribution in [0.3, 0.4) is 0 Å². The fourth-order valence-corrected chi connectivity index (χ4v) is 3.00. The number of ether oxygens (including phenoxy) is 2. The summed E-state index contributed by atoms with van der Waals surface area (Å²) in [7, 11) is 0. The van der Waals surface area contributed by atoms with Gasteiger partial charge in [0.2, 0.25) is 5.82 Å². The molecule has 1 aromatic carbocycles. The molecule has 0 saturated heterocycles. The first-order chi connectivity index (χ1) is 12.7. The summed E-state index contributed by atoms with van der Waals surface area (Å²) in [5, 5.41) is 8.17. The van der Waals surface area contributed by atoms with Crippen LogP contribution in [0.1, 0.15) is 18.4 Å². The van der Waals surface area contributed by atoms with Crippen molar-refractivity contribution in [2.75, 3.05) is 13.2 Å². The van der Waals surface area contributed by atoms with Crippen LogP contribution in [0.15, 0.2) is 39.5 Å². The number of rotatable bonds is 7. The minimum absolute atomic E-state index is 0.170. The Labute approximate surface area is 160 Å². The molecular weight excluding hydrogens is 372 g/mol. The smallest absolute Gasteiger partial charge is 0.269 e. The van der Waals surface area contributed by atoms with Crippen molar-refractivity contribution in [2.24, 2.45) is 0 Å². The molecule has 0 spiro atoms. The third kappa shape index (κ3) is 4.26. The van der Waals surface area contributed by atoms with E-state index in [0.717, 1.165) is 11.1 Å². The molecule has 0 N–H and O–H groups in total. The molecule has 0 atom stereocenters. The highest BCUT2D eigenvalue weighted by atomic mass is 35.5. The Morgan fingerprint density at radius 1 is 1.35 bits per heavy atom. The number of hydrogen-bond acceptors (Lipinski definition) is 6. The predicted molar refractivity (Wildman–Crippen MR) is 103 cm³/mol. The van der Waals surface area contributed by atoms with Gasteiger partial charge in [0.15, 0.2) is 11.5 Å². The molecule has 0 bridgehead atoms. The maximum Gasteiger partial charge on any atom is 0.269 e. The zero-order valence-electron chi connectivity index (χ0n) is 13.9. The largest absolute Gasteiger partial charge is 0.490 e. The standard InChI is InChI=1S/C19H15ClN2O3S/c1-3-8-24-16-6-5-13(11-17(16)23-4-2)10-15(20)19-21-18(22-25-19)14-7-9-26-12-14/h1,5-7,9-12H,4,8H2,2H3/b15-10-. The molecule has 3 aromatic rings. The Balaban J connectivity index is 1.84. The van der Waals surface area contributed by atoms with Crippen molar-refractivity contribution in [3.63, 3.8) is 0 Å². The van der Waals surface area contributed by atoms with E-state index in [1.54, 1.807) is 23.5 Å². The van der Waals surface area contributed by atoms with Crippen LogP contribution < -0.4 is 9.47 Å². The second-order valence-electron chi connectivity index (χ2n) is 5.06. The van der Waals surface area contributed by atoms with Crippen LogP contribution in [0, 0.1) is 12.3 Å². The zero-order valence-corrected chi connectivity index (χ0v) is 15.5. The van der Waals surface area contributed by atoms with Gasteiger partial charge in [-0.05, 0) is 42.1 Å². The summed E-state index contributed by atoms with van der Waals surface area (Å²) in [6, 6.07) is 7.35. The van der Waals surface area contributed by atoms with E-state index in [4.69, 9.17) is 32.0 Å². The molecule has 0 unspecified atom stereocenters. The summed E-state index contributed by atoms with van der Waals surface area (Å²) in [6.07, 6.45) is 6.95. The fourth-order valence-electron chi connectivity index (χ4n) is 2.16.